The summed E-state index contributed by atoms with van der Waals surface area (Å²) in [7, 11) is 0. The maximum absolute atomic E-state index is 12.4. The van der Waals surface area contributed by atoms with E-state index in [4.69, 9.17) is 9.15 Å². The van der Waals surface area contributed by atoms with Crippen LogP contribution in [-0.4, -0.2) is 28.9 Å². The third-order valence-corrected chi connectivity index (χ3v) is 5.26. The van der Waals surface area contributed by atoms with Gasteiger partial charge in [0.2, 0.25) is 5.76 Å². The number of non-ortho nitro benzene ring substituents is 1. The fourth-order valence-electron chi connectivity index (χ4n) is 3.45. The Morgan fingerprint density at radius 2 is 1.86 bits per heavy atom. The number of nitrogens with zero attached hydrogens (tertiary/aromatic N) is 1. The van der Waals surface area contributed by atoms with E-state index in [1.165, 1.54) is 43.7 Å². The highest BCUT2D eigenvalue weighted by Gasteiger charge is 2.27. The molecule has 0 spiro atoms. The van der Waals surface area contributed by atoms with E-state index >= 15 is 0 Å². The van der Waals surface area contributed by atoms with E-state index in [0.717, 1.165) is 19.3 Å². The van der Waals surface area contributed by atoms with Gasteiger partial charge in [0.25, 0.3) is 11.6 Å². The molecule has 0 radical (unpaired) electrons. The third kappa shape index (κ3) is 5.01. The van der Waals surface area contributed by atoms with Gasteiger partial charge in [-0.05, 0) is 49.9 Å². The number of furan rings is 1. The topological polar surface area (TPSA) is 112 Å². The smallest absolute Gasteiger partial charge is 0.375 e. The minimum atomic E-state index is -0.940. The van der Waals surface area contributed by atoms with Crippen LogP contribution in [0.25, 0.3) is 11.3 Å². The zero-order valence-electron chi connectivity index (χ0n) is 16.4. The Morgan fingerprint density at radius 1 is 1.17 bits per heavy atom. The monoisotopic (exact) mass is 400 g/mol. The highest BCUT2D eigenvalue weighted by atomic mass is 16.6. The number of nitro benzene ring substituents is 1. The molecule has 0 bridgehead atoms. The van der Waals surface area contributed by atoms with Gasteiger partial charge in [0, 0.05) is 23.7 Å². The number of nitro groups is 1. The van der Waals surface area contributed by atoms with Crippen LogP contribution >= 0.6 is 0 Å². The second-order valence-electron chi connectivity index (χ2n) is 7.39. The van der Waals surface area contributed by atoms with Crippen molar-refractivity contribution in [2.24, 2.45) is 5.92 Å². The Labute approximate surface area is 168 Å². The Morgan fingerprint density at radius 3 is 2.52 bits per heavy atom. The molecular formula is C21H24N2O6. The molecule has 1 amide bonds. The summed E-state index contributed by atoms with van der Waals surface area (Å²) < 4.78 is 10.7. The molecule has 1 N–H and O–H groups in total. The zero-order chi connectivity index (χ0) is 21.0. The first kappa shape index (κ1) is 20.6. The van der Waals surface area contributed by atoms with Crippen LogP contribution in [0.15, 0.2) is 40.8 Å². The number of amides is 1. The zero-order valence-corrected chi connectivity index (χ0v) is 16.4. The standard InChI is InChI=1S/C21H24N2O6/c1-13-5-3-4-6-17(13)22-20(24)14(2)28-21(25)19-12-11-18(29-19)15-7-9-16(10-8-15)23(26)27/h7-14,17H,3-6H2,1-2H3,(H,22,24)/t13-,14-,17-/m1/s1. The Hall–Kier alpha value is -3.16. The summed E-state index contributed by atoms with van der Waals surface area (Å²) in [5.74, 6) is -0.314. The van der Waals surface area contributed by atoms with E-state index in [1.807, 2.05) is 0 Å². The van der Waals surface area contributed by atoms with Crippen LogP contribution in [0.5, 0.6) is 0 Å². The summed E-state index contributed by atoms with van der Waals surface area (Å²) in [5, 5.41) is 13.7. The summed E-state index contributed by atoms with van der Waals surface area (Å²) in [6, 6.07) is 8.91. The largest absolute Gasteiger partial charge is 0.449 e. The highest BCUT2D eigenvalue weighted by Crippen LogP contribution is 2.26. The van der Waals surface area contributed by atoms with Crippen LogP contribution in [0.3, 0.4) is 0 Å². The van der Waals surface area contributed by atoms with Crippen molar-refractivity contribution in [3.05, 3.63) is 52.3 Å². The number of nitrogens with one attached hydrogen (secondary N) is 1. The molecule has 2 aromatic rings. The molecule has 154 valence electrons. The van der Waals surface area contributed by atoms with Gasteiger partial charge in [-0.2, -0.15) is 0 Å². The van der Waals surface area contributed by atoms with Gasteiger partial charge >= 0.3 is 5.97 Å². The second kappa shape index (κ2) is 8.89. The van der Waals surface area contributed by atoms with E-state index in [0.29, 0.717) is 17.2 Å². The maximum Gasteiger partial charge on any atom is 0.375 e. The quantitative estimate of drug-likeness (QED) is 0.444. The van der Waals surface area contributed by atoms with Crippen LogP contribution < -0.4 is 5.32 Å². The number of ether oxygens (including phenoxy) is 1. The van der Waals surface area contributed by atoms with Gasteiger partial charge in [0.1, 0.15) is 5.76 Å². The Balaban J connectivity index is 1.59. The van der Waals surface area contributed by atoms with Crippen molar-refractivity contribution in [1.82, 2.24) is 5.32 Å². The van der Waals surface area contributed by atoms with Crippen LogP contribution in [0, 0.1) is 16.0 Å². The first-order valence-corrected chi connectivity index (χ1v) is 9.71. The lowest BCUT2D eigenvalue weighted by atomic mass is 9.86. The van der Waals surface area contributed by atoms with E-state index < -0.39 is 17.0 Å². The number of benzene rings is 1. The molecule has 1 aromatic heterocycles. The molecule has 1 aliphatic carbocycles. The molecule has 3 rings (SSSR count). The lowest BCUT2D eigenvalue weighted by molar-refractivity contribution is -0.384. The SMILES string of the molecule is C[C@@H]1CCCC[C@H]1NC(=O)[C@@H](C)OC(=O)c1ccc(-c2ccc([N+](=O)[O-])cc2)o1. The van der Waals surface area contributed by atoms with Crippen molar-refractivity contribution in [3.8, 4) is 11.3 Å². The van der Waals surface area contributed by atoms with E-state index in [1.54, 1.807) is 6.07 Å². The van der Waals surface area contributed by atoms with Gasteiger partial charge in [0.15, 0.2) is 6.10 Å². The molecule has 29 heavy (non-hydrogen) atoms. The molecule has 1 aliphatic rings. The Bertz CT molecular complexity index is 889. The lowest BCUT2D eigenvalue weighted by Crippen LogP contribution is -2.45. The molecule has 8 heteroatoms. The third-order valence-electron chi connectivity index (χ3n) is 5.26. The summed E-state index contributed by atoms with van der Waals surface area (Å²) >= 11 is 0. The number of rotatable bonds is 6. The molecule has 1 heterocycles. The van der Waals surface area contributed by atoms with Gasteiger partial charge in [-0.25, -0.2) is 4.79 Å². The highest BCUT2D eigenvalue weighted by molar-refractivity contribution is 5.90. The molecule has 0 saturated heterocycles. The minimum absolute atomic E-state index is 0.0351. The number of hydrogen-bond donors (Lipinski definition) is 1. The molecule has 8 nitrogen and oxygen atoms in total. The number of esters is 1. The van der Waals surface area contributed by atoms with Crippen molar-refractivity contribution in [1.29, 1.82) is 0 Å². The summed E-state index contributed by atoms with van der Waals surface area (Å²) in [4.78, 5) is 34.9. The van der Waals surface area contributed by atoms with E-state index in [9.17, 15) is 19.7 Å². The van der Waals surface area contributed by atoms with Crippen LogP contribution in [-0.2, 0) is 9.53 Å². The van der Waals surface area contributed by atoms with Crippen molar-refractivity contribution in [3.63, 3.8) is 0 Å². The van der Waals surface area contributed by atoms with Crippen molar-refractivity contribution in [2.45, 2.75) is 51.7 Å². The van der Waals surface area contributed by atoms with Crippen molar-refractivity contribution in [2.75, 3.05) is 0 Å². The fourth-order valence-corrected chi connectivity index (χ4v) is 3.45. The van der Waals surface area contributed by atoms with Gasteiger partial charge in [-0.3, -0.25) is 14.9 Å². The minimum Gasteiger partial charge on any atom is -0.449 e. The van der Waals surface area contributed by atoms with Gasteiger partial charge in [-0.1, -0.05) is 19.8 Å². The summed E-state index contributed by atoms with van der Waals surface area (Å²) in [6.45, 7) is 3.64. The number of hydrogen-bond acceptors (Lipinski definition) is 6. The first-order valence-electron chi connectivity index (χ1n) is 9.71. The molecule has 1 saturated carbocycles. The molecule has 0 aliphatic heterocycles. The predicted octanol–water partition coefficient (Wildman–Crippen LogP) is 4.10. The van der Waals surface area contributed by atoms with E-state index in [2.05, 4.69) is 12.2 Å². The number of carbonyl (C=O) groups is 2. The van der Waals surface area contributed by atoms with Crippen molar-refractivity contribution < 1.29 is 23.7 Å². The van der Waals surface area contributed by atoms with E-state index in [-0.39, 0.29) is 23.4 Å². The maximum atomic E-state index is 12.4. The first-order chi connectivity index (χ1) is 13.8. The molecule has 1 fully saturated rings. The average molecular weight is 400 g/mol. The normalized spacial score (nSPS) is 19.9. The lowest BCUT2D eigenvalue weighted by Gasteiger charge is -2.30. The second-order valence-corrected chi connectivity index (χ2v) is 7.39. The molecule has 0 unspecified atom stereocenters. The van der Waals surface area contributed by atoms with Crippen molar-refractivity contribution >= 4 is 17.6 Å². The van der Waals surface area contributed by atoms with Gasteiger partial charge in [-0.15, -0.1) is 0 Å². The summed E-state index contributed by atoms with van der Waals surface area (Å²) in [6.07, 6.45) is 3.33. The Kier molecular flexibility index (Phi) is 6.31. The van der Waals surface area contributed by atoms with Gasteiger partial charge in [0.05, 0.1) is 4.92 Å². The van der Waals surface area contributed by atoms with Crippen LogP contribution in [0.4, 0.5) is 5.69 Å². The molecule has 3 atom stereocenters. The summed E-state index contributed by atoms with van der Waals surface area (Å²) in [5.41, 5.74) is 0.554. The molecular weight excluding hydrogens is 376 g/mol. The van der Waals surface area contributed by atoms with Crippen LogP contribution in [0.2, 0.25) is 0 Å². The fraction of sp³-hybridized carbons (Fsp3) is 0.429. The average Bonchev–Trinajstić information content (AvgIpc) is 3.20. The molecule has 1 aromatic carbocycles. The number of carbonyl (C=O) groups excluding carboxylic acids is 2. The predicted molar refractivity (Wildman–Crippen MR) is 105 cm³/mol. The van der Waals surface area contributed by atoms with Crippen LogP contribution in [0.1, 0.15) is 50.1 Å². The van der Waals surface area contributed by atoms with Gasteiger partial charge < -0.3 is 14.5 Å².